The Bertz CT molecular complexity index is 278. The van der Waals surface area contributed by atoms with Crippen LogP contribution in [0.15, 0.2) is 29.0 Å². The van der Waals surface area contributed by atoms with Gasteiger partial charge >= 0.3 is 0 Å². The van der Waals surface area contributed by atoms with E-state index >= 15 is 0 Å². The van der Waals surface area contributed by atoms with Crippen molar-refractivity contribution in [2.24, 2.45) is 4.76 Å². The van der Waals surface area contributed by atoms with Crippen molar-refractivity contribution in [1.29, 1.82) is 0 Å². The van der Waals surface area contributed by atoms with Crippen LogP contribution in [0.25, 0.3) is 0 Å². The smallest absolute Gasteiger partial charge is 0.0890 e. The minimum absolute atomic E-state index is 0.697. The molecule has 0 aromatic heterocycles. The third kappa shape index (κ3) is 1.21. The van der Waals surface area contributed by atoms with Gasteiger partial charge in [0, 0.05) is 10.6 Å². The summed E-state index contributed by atoms with van der Waals surface area (Å²) in [4.78, 5) is 0. The standard InChI is InChI=1S/C7H5ClNP/c8-6-3-1-5(2-4-6)7-9-10-7/h1-4,10H. The zero-order chi connectivity index (χ0) is 6.97. The minimum Gasteiger partial charge on any atom is -0.256 e. The summed E-state index contributed by atoms with van der Waals surface area (Å²) in [6, 6.07) is 7.78. The lowest BCUT2D eigenvalue weighted by molar-refractivity contribution is 1.67. The van der Waals surface area contributed by atoms with Crippen LogP contribution < -0.4 is 0 Å². The molecule has 2 rings (SSSR count). The van der Waals surface area contributed by atoms with Crippen molar-refractivity contribution >= 4 is 25.8 Å². The van der Waals surface area contributed by atoms with Crippen LogP contribution in [0.3, 0.4) is 0 Å². The number of hydrogen-bond acceptors (Lipinski definition) is 1. The molecule has 0 N–H and O–H groups in total. The summed E-state index contributed by atoms with van der Waals surface area (Å²) in [5, 5.41) is 0.785. The van der Waals surface area contributed by atoms with Gasteiger partial charge in [-0.05, 0) is 12.1 Å². The van der Waals surface area contributed by atoms with E-state index < -0.39 is 0 Å². The Morgan fingerprint density at radius 3 is 2.30 bits per heavy atom. The molecule has 0 bridgehead atoms. The maximum atomic E-state index is 5.70. The Balaban J connectivity index is 2.37. The van der Waals surface area contributed by atoms with Gasteiger partial charge in [0.1, 0.15) is 0 Å². The molecule has 0 amide bonds. The molecule has 0 saturated carbocycles. The van der Waals surface area contributed by atoms with Gasteiger partial charge in [0.25, 0.3) is 0 Å². The molecule has 1 aliphatic rings. The number of benzene rings is 1. The molecule has 1 aromatic carbocycles. The summed E-state index contributed by atoms with van der Waals surface area (Å²) in [5.41, 5.74) is 2.43. The molecule has 1 aliphatic heterocycles. The molecular formula is C7H5ClNP. The van der Waals surface area contributed by atoms with Crippen LogP contribution in [-0.4, -0.2) is 5.45 Å². The number of nitrogens with zero attached hydrogens (tertiary/aromatic N) is 1. The second-order valence-corrected chi connectivity index (χ2v) is 3.44. The predicted molar refractivity (Wildman–Crippen MR) is 46.3 cm³/mol. The maximum absolute atomic E-state index is 5.70. The van der Waals surface area contributed by atoms with Gasteiger partial charge in [0.15, 0.2) is 0 Å². The van der Waals surface area contributed by atoms with Crippen LogP contribution in [0, 0.1) is 0 Å². The van der Waals surface area contributed by atoms with E-state index in [9.17, 15) is 0 Å². The zero-order valence-corrected chi connectivity index (χ0v) is 6.89. The predicted octanol–water partition coefficient (Wildman–Crippen LogP) is 2.69. The van der Waals surface area contributed by atoms with Gasteiger partial charge in [-0.25, -0.2) is 0 Å². The fourth-order valence-electron chi connectivity index (χ4n) is 0.765. The molecule has 0 saturated heterocycles. The van der Waals surface area contributed by atoms with Gasteiger partial charge in [0.05, 0.1) is 14.2 Å². The third-order valence-corrected chi connectivity index (χ3v) is 2.33. The van der Waals surface area contributed by atoms with Crippen molar-refractivity contribution in [2.45, 2.75) is 0 Å². The molecule has 1 nitrogen and oxygen atoms in total. The quantitative estimate of drug-likeness (QED) is 0.574. The molecule has 1 aromatic rings. The van der Waals surface area contributed by atoms with Crippen LogP contribution in [0.2, 0.25) is 5.02 Å². The summed E-state index contributed by atoms with van der Waals surface area (Å²) >= 11 is 5.70. The van der Waals surface area contributed by atoms with Crippen LogP contribution in [-0.2, 0) is 0 Å². The van der Waals surface area contributed by atoms with Crippen molar-refractivity contribution in [1.82, 2.24) is 0 Å². The second kappa shape index (κ2) is 2.34. The molecule has 1 atom stereocenters. The van der Waals surface area contributed by atoms with Crippen LogP contribution >= 0.6 is 20.3 Å². The van der Waals surface area contributed by atoms with E-state index in [0.717, 1.165) is 5.02 Å². The SMILES string of the molecule is Clc1ccc(C2=NP2)cc1. The van der Waals surface area contributed by atoms with Crippen LogP contribution in [0.1, 0.15) is 5.56 Å². The first-order chi connectivity index (χ1) is 4.86. The molecule has 10 heavy (non-hydrogen) atoms. The van der Waals surface area contributed by atoms with E-state index in [1.807, 2.05) is 24.3 Å². The first-order valence-electron chi connectivity index (χ1n) is 2.96. The number of rotatable bonds is 1. The molecule has 0 aliphatic carbocycles. The number of halogens is 1. The van der Waals surface area contributed by atoms with E-state index in [1.165, 1.54) is 11.0 Å². The van der Waals surface area contributed by atoms with Crippen molar-refractivity contribution in [3.63, 3.8) is 0 Å². The number of hydrogen-bond donors (Lipinski definition) is 0. The Kier molecular flexibility index (Phi) is 1.48. The topological polar surface area (TPSA) is 12.4 Å². The molecule has 1 heterocycles. The van der Waals surface area contributed by atoms with Gasteiger partial charge in [-0.3, -0.25) is 4.76 Å². The van der Waals surface area contributed by atoms with E-state index in [-0.39, 0.29) is 0 Å². The van der Waals surface area contributed by atoms with Crippen molar-refractivity contribution in [2.75, 3.05) is 0 Å². The summed E-state index contributed by atoms with van der Waals surface area (Å²) in [7, 11) is 0.697. The fourth-order valence-corrected chi connectivity index (χ4v) is 1.37. The fraction of sp³-hybridized carbons (Fsp3) is 0. The molecule has 0 spiro atoms. The van der Waals surface area contributed by atoms with Crippen LogP contribution in [0.4, 0.5) is 0 Å². The van der Waals surface area contributed by atoms with Gasteiger partial charge in [-0.15, -0.1) is 0 Å². The second-order valence-electron chi connectivity index (χ2n) is 2.08. The Morgan fingerprint density at radius 2 is 1.80 bits per heavy atom. The molecular weight excluding hydrogens is 165 g/mol. The van der Waals surface area contributed by atoms with Gasteiger partial charge in [-0.2, -0.15) is 0 Å². The normalized spacial score (nSPS) is 17.1. The Labute approximate surface area is 66.0 Å². The average Bonchev–Trinajstić information content (AvgIpc) is 2.71. The molecule has 0 radical (unpaired) electrons. The highest BCUT2D eigenvalue weighted by Crippen LogP contribution is 2.36. The van der Waals surface area contributed by atoms with E-state index in [4.69, 9.17) is 11.6 Å². The minimum atomic E-state index is 0.697. The molecule has 1 unspecified atom stereocenters. The lowest BCUT2D eigenvalue weighted by Crippen LogP contribution is -1.79. The lowest BCUT2D eigenvalue weighted by Gasteiger charge is -1.90. The summed E-state index contributed by atoms with van der Waals surface area (Å²) in [6.07, 6.45) is 0. The summed E-state index contributed by atoms with van der Waals surface area (Å²) < 4.78 is 4.10. The highest BCUT2D eigenvalue weighted by Gasteiger charge is 2.11. The average molecular weight is 170 g/mol. The van der Waals surface area contributed by atoms with Crippen molar-refractivity contribution in [3.8, 4) is 0 Å². The Hall–Kier alpha value is -0.390. The van der Waals surface area contributed by atoms with E-state index in [0.29, 0.717) is 8.73 Å². The molecule has 0 fully saturated rings. The molecule has 3 heteroatoms. The van der Waals surface area contributed by atoms with Gasteiger partial charge in [0.2, 0.25) is 0 Å². The Morgan fingerprint density at radius 1 is 1.20 bits per heavy atom. The first-order valence-corrected chi connectivity index (χ1v) is 4.28. The van der Waals surface area contributed by atoms with E-state index in [1.54, 1.807) is 0 Å². The van der Waals surface area contributed by atoms with Crippen molar-refractivity contribution in [3.05, 3.63) is 34.9 Å². The maximum Gasteiger partial charge on any atom is 0.0890 e. The lowest BCUT2D eigenvalue weighted by atomic mass is 10.2. The van der Waals surface area contributed by atoms with Crippen molar-refractivity contribution < 1.29 is 0 Å². The molecule has 50 valence electrons. The van der Waals surface area contributed by atoms with Gasteiger partial charge in [-0.1, -0.05) is 23.7 Å². The van der Waals surface area contributed by atoms with E-state index in [2.05, 4.69) is 4.76 Å². The summed E-state index contributed by atoms with van der Waals surface area (Å²) in [6.45, 7) is 0. The van der Waals surface area contributed by atoms with Crippen LogP contribution in [0.5, 0.6) is 0 Å². The first kappa shape index (κ1) is 6.33. The monoisotopic (exact) mass is 169 g/mol. The summed E-state index contributed by atoms with van der Waals surface area (Å²) in [5.74, 6) is 0. The largest absolute Gasteiger partial charge is 0.256 e. The zero-order valence-electron chi connectivity index (χ0n) is 5.13. The highest BCUT2D eigenvalue weighted by molar-refractivity contribution is 7.67. The highest BCUT2D eigenvalue weighted by atomic mass is 35.5. The third-order valence-electron chi connectivity index (χ3n) is 1.34. The van der Waals surface area contributed by atoms with Gasteiger partial charge < -0.3 is 0 Å².